The van der Waals surface area contributed by atoms with E-state index >= 15 is 0 Å². The van der Waals surface area contributed by atoms with Crippen molar-refractivity contribution in [3.05, 3.63) is 29.8 Å². The number of aliphatic hydroxyl groups is 1. The second-order valence-electron chi connectivity index (χ2n) is 4.24. The normalized spacial score (nSPS) is 12.1. The number of rotatable bonds is 4. The number of nitrogens with zero attached hydrogens (tertiary/aromatic N) is 1. The Morgan fingerprint density at radius 2 is 2.00 bits per heavy atom. The lowest BCUT2D eigenvalue weighted by Crippen LogP contribution is -2.38. The van der Waals surface area contributed by atoms with Crippen LogP contribution in [0.15, 0.2) is 29.2 Å². The van der Waals surface area contributed by atoms with Gasteiger partial charge in [-0.1, -0.05) is 12.1 Å². The third kappa shape index (κ3) is 3.82. The molecule has 0 unspecified atom stereocenters. The van der Waals surface area contributed by atoms with Crippen LogP contribution in [-0.2, 0) is 10.0 Å². The molecule has 0 amide bonds. The molecule has 17 heavy (non-hydrogen) atoms. The molecule has 0 aromatic heterocycles. The highest BCUT2D eigenvalue weighted by Crippen LogP contribution is 2.14. The van der Waals surface area contributed by atoms with Crippen LogP contribution in [0, 0.1) is 11.3 Å². The molecule has 1 rings (SSSR count). The van der Waals surface area contributed by atoms with E-state index in [1.807, 2.05) is 6.07 Å². The minimum atomic E-state index is -3.77. The van der Waals surface area contributed by atoms with E-state index in [0.29, 0.717) is 0 Å². The highest BCUT2D eigenvalue weighted by Gasteiger charge is 2.21. The molecule has 1 aromatic rings. The number of hydrogen-bond donors (Lipinski definition) is 2. The summed E-state index contributed by atoms with van der Waals surface area (Å²) in [6, 6.07) is 7.73. The van der Waals surface area contributed by atoms with Crippen LogP contribution in [-0.4, -0.2) is 25.7 Å². The number of benzene rings is 1. The van der Waals surface area contributed by atoms with Gasteiger partial charge in [0.25, 0.3) is 0 Å². The number of nitriles is 1. The van der Waals surface area contributed by atoms with E-state index in [9.17, 15) is 13.5 Å². The zero-order chi connectivity index (χ0) is 13.1. The third-order valence-corrected chi connectivity index (χ3v) is 3.45. The molecule has 0 heterocycles. The molecule has 0 saturated carbocycles. The van der Waals surface area contributed by atoms with Crippen molar-refractivity contribution < 1.29 is 13.5 Å². The average molecular weight is 254 g/mol. The number of hydrogen-bond acceptors (Lipinski definition) is 4. The fraction of sp³-hybridized carbons (Fsp3) is 0.364. The molecular formula is C11H14N2O3S. The molecule has 0 aliphatic carbocycles. The van der Waals surface area contributed by atoms with Crippen molar-refractivity contribution >= 4 is 10.0 Å². The fourth-order valence-corrected chi connectivity index (χ4v) is 2.50. The predicted octanol–water partition coefficient (Wildman–Crippen LogP) is 0.607. The second-order valence-corrected chi connectivity index (χ2v) is 5.98. The van der Waals surface area contributed by atoms with Crippen LogP contribution in [0.5, 0.6) is 0 Å². The summed E-state index contributed by atoms with van der Waals surface area (Å²) in [6.45, 7) is 2.87. The van der Waals surface area contributed by atoms with Crippen LogP contribution in [0.2, 0.25) is 0 Å². The molecule has 0 aliphatic rings. The summed E-state index contributed by atoms with van der Waals surface area (Å²) in [5.74, 6) is 0. The maximum absolute atomic E-state index is 11.9. The first-order valence-corrected chi connectivity index (χ1v) is 6.46. The van der Waals surface area contributed by atoms with Gasteiger partial charge in [-0.05, 0) is 26.0 Å². The minimum absolute atomic E-state index is 0.0771. The highest BCUT2D eigenvalue weighted by molar-refractivity contribution is 7.89. The van der Waals surface area contributed by atoms with Gasteiger partial charge in [-0.25, -0.2) is 13.1 Å². The molecule has 6 heteroatoms. The van der Waals surface area contributed by atoms with Crippen molar-refractivity contribution in [1.82, 2.24) is 4.72 Å². The first-order valence-electron chi connectivity index (χ1n) is 4.97. The van der Waals surface area contributed by atoms with Gasteiger partial charge in [-0.2, -0.15) is 5.26 Å². The molecule has 0 radical (unpaired) electrons. The Bertz CT molecular complexity index is 539. The van der Waals surface area contributed by atoms with E-state index in [1.54, 1.807) is 12.1 Å². The SMILES string of the molecule is CC(C)(O)CNS(=O)(=O)c1ccccc1C#N. The van der Waals surface area contributed by atoms with Gasteiger partial charge in [0.05, 0.1) is 16.1 Å². The Morgan fingerprint density at radius 3 is 2.53 bits per heavy atom. The monoisotopic (exact) mass is 254 g/mol. The average Bonchev–Trinajstić information content (AvgIpc) is 2.26. The largest absolute Gasteiger partial charge is 0.389 e. The van der Waals surface area contributed by atoms with Crippen LogP contribution < -0.4 is 4.72 Å². The molecule has 0 spiro atoms. The quantitative estimate of drug-likeness (QED) is 0.823. The van der Waals surface area contributed by atoms with Gasteiger partial charge in [-0.3, -0.25) is 0 Å². The summed E-state index contributed by atoms with van der Waals surface area (Å²) < 4.78 is 26.0. The Hall–Kier alpha value is -1.42. The fourth-order valence-electron chi connectivity index (χ4n) is 1.14. The summed E-state index contributed by atoms with van der Waals surface area (Å²) in [7, 11) is -3.77. The summed E-state index contributed by atoms with van der Waals surface area (Å²) in [5, 5.41) is 18.3. The topological polar surface area (TPSA) is 90.2 Å². The second kappa shape index (κ2) is 4.84. The highest BCUT2D eigenvalue weighted by atomic mass is 32.2. The summed E-state index contributed by atoms with van der Waals surface area (Å²) in [5.41, 5.74) is -1.06. The standard InChI is InChI=1S/C11H14N2O3S/c1-11(2,14)8-13-17(15,16)10-6-4-3-5-9(10)7-12/h3-6,13-14H,8H2,1-2H3. The molecule has 92 valence electrons. The van der Waals surface area contributed by atoms with Crippen molar-refractivity contribution in [2.75, 3.05) is 6.54 Å². The van der Waals surface area contributed by atoms with E-state index in [1.165, 1.54) is 26.0 Å². The van der Waals surface area contributed by atoms with E-state index in [-0.39, 0.29) is 17.0 Å². The van der Waals surface area contributed by atoms with Crippen LogP contribution in [0.3, 0.4) is 0 Å². The summed E-state index contributed by atoms with van der Waals surface area (Å²) in [6.07, 6.45) is 0. The zero-order valence-electron chi connectivity index (χ0n) is 9.64. The Morgan fingerprint density at radius 1 is 1.41 bits per heavy atom. The molecular weight excluding hydrogens is 240 g/mol. The lowest BCUT2D eigenvalue weighted by atomic mass is 10.1. The van der Waals surface area contributed by atoms with Gasteiger partial charge >= 0.3 is 0 Å². The Labute approximate surface area is 101 Å². The molecule has 0 aliphatic heterocycles. The predicted molar refractivity (Wildman–Crippen MR) is 62.6 cm³/mol. The lowest BCUT2D eigenvalue weighted by molar-refractivity contribution is 0.0857. The molecule has 2 N–H and O–H groups in total. The van der Waals surface area contributed by atoms with Crippen LogP contribution >= 0.6 is 0 Å². The van der Waals surface area contributed by atoms with Gasteiger partial charge in [0.15, 0.2) is 0 Å². The van der Waals surface area contributed by atoms with Gasteiger partial charge in [0, 0.05) is 6.54 Å². The molecule has 0 bridgehead atoms. The lowest BCUT2D eigenvalue weighted by Gasteiger charge is -2.17. The van der Waals surface area contributed by atoms with Crippen molar-refractivity contribution in [3.8, 4) is 6.07 Å². The maximum Gasteiger partial charge on any atom is 0.241 e. The number of nitrogens with one attached hydrogen (secondary N) is 1. The van der Waals surface area contributed by atoms with Crippen molar-refractivity contribution in [1.29, 1.82) is 5.26 Å². The van der Waals surface area contributed by atoms with Crippen molar-refractivity contribution in [3.63, 3.8) is 0 Å². The van der Waals surface area contributed by atoms with E-state index in [0.717, 1.165) is 0 Å². The van der Waals surface area contributed by atoms with E-state index in [4.69, 9.17) is 5.26 Å². The number of sulfonamides is 1. The molecule has 5 nitrogen and oxygen atoms in total. The first kappa shape index (κ1) is 13.6. The zero-order valence-corrected chi connectivity index (χ0v) is 10.5. The smallest absolute Gasteiger partial charge is 0.241 e. The third-order valence-electron chi connectivity index (χ3n) is 1.99. The van der Waals surface area contributed by atoms with Gasteiger partial charge in [0.2, 0.25) is 10.0 Å². The summed E-state index contributed by atoms with van der Waals surface area (Å²) in [4.78, 5) is -0.0771. The molecule has 0 saturated heterocycles. The maximum atomic E-state index is 11.9. The van der Waals surface area contributed by atoms with E-state index < -0.39 is 15.6 Å². The van der Waals surface area contributed by atoms with Gasteiger partial charge in [-0.15, -0.1) is 0 Å². The van der Waals surface area contributed by atoms with Crippen LogP contribution in [0.25, 0.3) is 0 Å². The van der Waals surface area contributed by atoms with Crippen molar-refractivity contribution in [2.45, 2.75) is 24.3 Å². The van der Waals surface area contributed by atoms with Crippen LogP contribution in [0.4, 0.5) is 0 Å². The van der Waals surface area contributed by atoms with Crippen LogP contribution in [0.1, 0.15) is 19.4 Å². The Kier molecular flexibility index (Phi) is 3.88. The molecule has 1 aromatic carbocycles. The van der Waals surface area contributed by atoms with Gasteiger partial charge < -0.3 is 5.11 Å². The first-order chi connectivity index (χ1) is 7.76. The van der Waals surface area contributed by atoms with E-state index in [2.05, 4.69) is 4.72 Å². The Balaban J connectivity index is 3.03. The molecule has 0 fully saturated rings. The summed E-state index contributed by atoms with van der Waals surface area (Å²) >= 11 is 0. The minimum Gasteiger partial charge on any atom is -0.389 e. The van der Waals surface area contributed by atoms with Gasteiger partial charge in [0.1, 0.15) is 6.07 Å². The van der Waals surface area contributed by atoms with Crippen molar-refractivity contribution in [2.24, 2.45) is 0 Å². The molecule has 0 atom stereocenters.